The maximum Gasteiger partial charge on any atom is 0.0372 e. The molecule has 4 N–H and O–H groups in total. The van der Waals surface area contributed by atoms with Crippen LogP contribution in [0.3, 0.4) is 0 Å². The molecule has 0 spiro atoms. The van der Waals surface area contributed by atoms with Gasteiger partial charge in [0.1, 0.15) is 0 Å². The van der Waals surface area contributed by atoms with Gasteiger partial charge >= 0.3 is 0 Å². The van der Waals surface area contributed by atoms with Gasteiger partial charge in [-0.2, -0.15) is 0 Å². The van der Waals surface area contributed by atoms with Crippen molar-refractivity contribution < 1.29 is 0 Å². The molecule has 0 fully saturated rings. The molecule has 2 heteroatoms. The van der Waals surface area contributed by atoms with E-state index in [1.54, 1.807) is 6.08 Å². The topological polar surface area (TPSA) is 52.0 Å². The van der Waals surface area contributed by atoms with E-state index in [9.17, 15) is 0 Å². The first kappa shape index (κ1) is 6.66. The monoisotopic (exact) mass is 100 g/mol. The lowest BCUT2D eigenvalue weighted by molar-refractivity contribution is 0.652. The minimum Gasteiger partial charge on any atom is -0.326 e. The van der Waals surface area contributed by atoms with E-state index < -0.39 is 0 Å². The summed E-state index contributed by atoms with van der Waals surface area (Å²) in [5.74, 6) is 0. The Balaban J connectivity index is 3.33. The Kier molecular flexibility index (Phi) is 2.64. The Morgan fingerprint density at radius 2 is 2.00 bits per heavy atom. The van der Waals surface area contributed by atoms with E-state index in [1.807, 2.05) is 6.92 Å². The molecule has 0 aromatic rings. The average molecular weight is 100 g/mol. The predicted molar refractivity (Wildman–Crippen MR) is 31.8 cm³/mol. The molecule has 0 saturated heterocycles. The van der Waals surface area contributed by atoms with Crippen LogP contribution in [0.5, 0.6) is 0 Å². The van der Waals surface area contributed by atoms with Crippen molar-refractivity contribution in [2.45, 2.75) is 19.0 Å². The van der Waals surface area contributed by atoms with E-state index in [0.29, 0.717) is 0 Å². The molecule has 0 rings (SSSR count). The number of hydrogen-bond donors (Lipinski definition) is 2. The summed E-state index contributed by atoms with van der Waals surface area (Å²) >= 11 is 0. The van der Waals surface area contributed by atoms with Crippen LogP contribution in [0, 0.1) is 0 Å². The highest BCUT2D eigenvalue weighted by molar-refractivity contribution is 4.87. The molecule has 0 bridgehead atoms. The van der Waals surface area contributed by atoms with Gasteiger partial charge in [-0.25, -0.2) is 0 Å². The predicted octanol–water partition coefficient (Wildman–Crippen LogP) is -0.153. The quantitative estimate of drug-likeness (QED) is 0.474. The highest BCUT2D eigenvalue weighted by Crippen LogP contribution is 1.82. The lowest BCUT2D eigenvalue weighted by Crippen LogP contribution is -2.36. The highest BCUT2D eigenvalue weighted by atomic mass is 14.7. The Morgan fingerprint density at radius 3 is 2.00 bits per heavy atom. The van der Waals surface area contributed by atoms with Gasteiger partial charge in [-0.3, -0.25) is 0 Å². The van der Waals surface area contributed by atoms with Crippen LogP contribution in [0.2, 0.25) is 0 Å². The molecule has 0 heterocycles. The maximum absolute atomic E-state index is 5.37. The van der Waals surface area contributed by atoms with E-state index in [0.717, 1.165) is 0 Å². The summed E-state index contributed by atoms with van der Waals surface area (Å²) in [6.45, 7) is 5.33. The smallest absolute Gasteiger partial charge is 0.0372 e. The third kappa shape index (κ3) is 2.37. The zero-order valence-corrected chi connectivity index (χ0v) is 4.59. The summed E-state index contributed by atoms with van der Waals surface area (Å²) in [4.78, 5) is 0. The number of hydrogen-bond acceptors (Lipinski definition) is 2. The van der Waals surface area contributed by atoms with Gasteiger partial charge in [0.05, 0.1) is 0 Å². The van der Waals surface area contributed by atoms with Crippen LogP contribution in [0.15, 0.2) is 12.7 Å². The fourth-order valence-electron chi connectivity index (χ4n) is 0.215. The second kappa shape index (κ2) is 2.77. The zero-order valence-electron chi connectivity index (χ0n) is 4.59. The zero-order chi connectivity index (χ0) is 5.86. The summed E-state index contributed by atoms with van der Waals surface area (Å²) in [6.07, 6.45) is 1.64. The first-order valence-electron chi connectivity index (χ1n) is 2.32. The lowest BCUT2D eigenvalue weighted by atomic mass is 10.2. The van der Waals surface area contributed by atoms with E-state index in [4.69, 9.17) is 11.5 Å². The molecule has 2 atom stereocenters. The van der Waals surface area contributed by atoms with E-state index in [2.05, 4.69) is 6.58 Å². The summed E-state index contributed by atoms with van der Waals surface area (Å²) < 4.78 is 0. The second-order valence-electron chi connectivity index (χ2n) is 1.67. The van der Waals surface area contributed by atoms with Gasteiger partial charge in [0, 0.05) is 12.1 Å². The highest BCUT2D eigenvalue weighted by Gasteiger charge is 1.99. The van der Waals surface area contributed by atoms with Gasteiger partial charge < -0.3 is 11.5 Å². The standard InChI is InChI=1S/C5H12N2/c1-3-5(7)4(2)6/h3-5H,1,6-7H2,2H3. The molecule has 0 aromatic heterocycles. The fourth-order valence-corrected chi connectivity index (χ4v) is 0.215. The Hall–Kier alpha value is -0.340. The van der Waals surface area contributed by atoms with Crippen molar-refractivity contribution in [3.05, 3.63) is 12.7 Å². The number of rotatable bonds is 2. The van der Waals surface area contributed by atoms with Crippen LogP contribution in [-0.2, 0) is 0 Å². The maximum atomic E-state index is 5.37. The minimum absolute atomic E-state index is 0.0255. The van der Waals surface area contributed by atoms with Crippen LogP contribution >= 0.6 is 0 Å². The first-order valence-corrected chi connectivity index (χ1v) is 2.32. The fraction of sp³-hybridized carbons (Fsp3) is 0.600. The minimum atomic E-state index is -0.0556. The molecule has 0 aliphatic rings. The third-order valence-corrected chi connectivity index (χ3v) is 0.879. The normalized spacial score (nSPS) is 18.1. The summed E-state index contributed by atoms with van der Waals surface area (Å²) in [5, 5.41) is 0. The van der Waals surface area contributed by atoms with Crippen molar-refractivity contribution in [2.24, 2.45) is 11.5 Å². The summed E-state index contributed by atoms with van der Waals surface area (Å²) in [5.41, 5.74) is 10.7. The molecule has 0 radical (unpaired) electrons. The SMILES string of the molecule is C=CC(N)C(C)N. The van der Waals surface area contributed by atoms with Gasteiger partial charge in [-0.05, 0) is 6.92 Å². The van der Waals surface area contributed by atoms with Gasteiger partial charge in [-0.15, -0.1) is 6.58 Å². The molecule has 0 aliphatic heterocycles. The molecule has 0 amide bonds. The van der Waals surface area contributed by atoms with Crippen molar-refractivity contribution in [2.75, 3.05) is 0 Å². The van der Waals surface area contributed by atoms with E-state index in [-0.39, 0.29) is 12.1 Å². The Labute approximate surface area is 44.2 Å². The van der Waals surface area contributed by atoms with Crippen LogP contribution in [0.4, 0.5) is 0 Å². The van der Waals surface area contributed by atoms with Crippen LogP contribution < -0.4 is 11.5 Å². The van der Waals surface area contributed by atoms with E-state index in [1.165, 1.54) is 0 Å². The molecule has 42 valence electrons. The van der Waals surface area contributed by atoms with Crippen molar-refractivity contribution in [1.82, 2.24) is 0 Å². The van der Waals surface area contributed by atoms with E-state index >= 15 is 0 Å². The Bertz CT molecular complexity index is 59.1. The third-order valence-electron chi connectivity index (χ3n) is 0.879. The average Bonchev–Trinajstić information content (AvgIpc) is 1.65. The Morgan fingerprint density at radius 1 is 1.57 bits per heavy atom. The molecule has 7 heavy (non-hydrogen) atoms. The van der Waals surface area contributed by atoms with Crippen molar-refractivity contribution in [3.8, 4) is 0 Å². The lowest BCUT2D eigenvalue weighted by Gasteiger charge is -2.07. The van der Waals surface area contributed by atoms with Gasteiger partial charge in [-0.1, -0.05) is 6.08 Å². The second-order valence-corrected chi connectivity index (χ2v) is 1.67. The van der Waals surface area contributed by atoms with Crippen molar-refractivity contribution in [1.29, 1.82) is 0 Å². The molecule has 0 aromatic carbocycles. The molecular weight excluding hydrogens is 88.1 g/mol. The molecule has 0 aliphatic carbocycles. The van der Waals surface area contributed by atoms with Crippen molar-refractivity contribution in [3.63, 3.8) is 0 Å². The van der Waals surface area contributed by atoms with Gasteiger partial charge in [0.25, 0.3) is 0 Å². The first-order chi connectivity index (χ1) is 3.18. The number of nitrogens with two attached hydrogens (primary N) is 2. The molecule has 0 saturated carbocycles. The molecular formula is C5H12N2. The summed E-state index contributed by atoms with van der Waals surface area (Å²) in [7, 11) is 0. The molecule has 2 nitrogen and oxygen atoms in total. The molecule has 2 unspecified atom stereocenters. The van der Waals surface area contributed by atoms with Crippen molar-refractivity contribution >= 4 is 0 Å². The largest absolute Gasteiger partial charge is 0.326 e. The van der Waals surface area contributed by atoms with Gasteiger partial charge in [0.2, 0.25) is 0 Å². The summed E-state index contributed by atoms with van der Waals surface area (Å²) in [6, 6.07) is -0.0301. The van der Waals surface area contributed by atoms with Crippen LogP contribution in [0.25, 0.3) is 0 Å². The van der Waals surface area contributed by atoms with Crippen LogP contribution in [-0.4, -0.2) is 12.1 Å². The van der Waals surface area contributed by atoms with Gasteiger partial charge in [0.15, 0.2) is 0 Å². The van der Waals surface area contributed by atoms with Crippen LogP contribution in [0.1, 0.15) is 6.92 Å².